The van der Waals surface area contributed by atoms with Crippen molar-refractivity contribution in [2.75, 3.05) is 26.4 Å². The van der Waals surface area contributed by atoms with E-state index in [2.05, 4.69) is 0 Å². The minimum Gasteiger partial charge on any atom is -0.453 e. The van der Waals surface area contributed by atoms with Crippen LogP contribution in [0, 0.1) is 29.1 Å². The molecule has 0 N–H and O–H groups in total. The van der Waals surface area contributed by atoms with Gasteiger partial charge in [0.05, 0.1) is 18.4 Å². The van der Waals surface area contributed by atoms with Crippen LogP contribution in [-0.4, -0.2) is 50.3 Å². The number of rotatable bonds is 10. The summed E-state index contributed by atoms with van der Waals surface area (Å²) < 4.78 is 72.8. The standard InChI is InChI=1S/C24H36F4O4/c1-22(25,26)15-24(27,28)20(14-31-7-4-16-2-5-30-6-3-16)32-21(29)23-11-17-8-18(12-23)10-19(9-17)13-23/h16-20H,2-15H2,1H3. The van der Waals surface area contributed by atoms with Crippen molar-refractivity contribution in [3.63, 3.8) is 0 Å². The van der Waals surface area contributed by atoms with E-state index in [-0.39, 0.29) is 6.61 Å². The normalized spacial score (nSPS) is 34.0. The second kappa shape index (κ2) is 9.40. The number of hydrogen-bond donors (Lipinski definition) is 0. The van der Waals surface area contributed by atoms with Gasteiger partial charge in [-0.3, -0.25) is 4.79 Å². The molecule has 4 saturated carbocycles. The number of hydrogen-bond acceptors (Lipinski definition) is 4. The van der Waals surface area contributed by atoms with Gasteiger partial charge in [0.2, 0.25) is 0 Å². The molecule has 4 bridgehead atoms. The predicted molar refractivity (Wildman–Crippen MR) is 110 cm³/mol. The third-order valence-electron chi connectivity index (χ3n) is 8.02. The summed E-state index contributed by atoms with van der Waals surface area (Å²) in [5.41, 5.74) is -0.722. The van der Waals surface area contributed by atoms with Gasteiger partial charge in [0.15, 0.2) is 6.10 Å². The fourth-order valence-corrected chi connectivity index (χ4v) is 6.86. The van der Waals surface area contributed by atoms with Crippen molar-refractivity contribution in [3.05, 3.63) is 0 Å². The Kier molecular flexibility index (Phi) is 7.12. The second-order valence-corrected chi connectivity index (χ2v) is 11.0. The van der Waals surface area contributed by atoms with E-state index in [1.165, 1.54) is 0 Å². The highest BCUT2D eigenvalue weighted by Gasteiger charge is 2.57. The van der Waals surface area contributed by atoms with Crippen LogP contribution in [-0.2, 0) is 19.0 Å². The Morgan fingerprint density at radius 3 is 2.12 bits per heavy atom. The van der Waals surface area contributed by atoms with E-state index in [0.717, 1.165) is 32.1 Å². The molecule has 184 valence electrons. The van der Waals surface area contributed by atoms with Crippen LogP contribution in [0.15, 0.2) is 0 Å². The average molecular weight is 465 g/mol. The third kappa shape index (κ3) is 5.78. The van der Waals surface area contributed by atoms with Gasteiger partial charge in [-0.05, 0) is 88.4 Å². The first-order valence-electron chi connectivity index (χ1n) is 12.2. The summed E-state index contributed by atoms with van der Waals surface area (Å²) >= 11 is 0. The van der Waals surface area contributed by atoms with Crippen molar-refractivity contribution in [1.82, 2.24) is 0 Å². The van der Waals surface area contributed by atoms with Crippen LogP contribution in [0.4, 0.5) is 17.6 Å². The van der Waals surface area contributed by atoms with E-state index in [4.69, 9.17) is 14.2 Å². The van der Waals surface area contributed by atoms with E-state index < -0.39 is 42.4 Å². The van der Waals surface area contributed by atoms with Crippen molar-refractivity contribution >= 4 is 5.97 Å². The number of alkyl halides is 4. The molecule has 1 aliphatic heterocycles. The molecule has 5 fully saturated rings. The molecule has 0 radical (unpaired) electrons. The van der Waals surface area contributed by atoms with Crippen LogP contribution in [0.3, 0.4) is 0 Å². The topological polar surface area (TPSA) is 44.8 Å². The molecule has 32 heavy (non-hydrogen) atoms. The maximum absolute atomic E-state index is 14.8. The Hall–Kier alpha value is -0.890. The van der Waals surface area contributed by atoms with E-state index in [1.54, 1.807) is 0 Å². The SMILES string of the molecule is CC(F)(F)CC(F)(F)C(COCCC1CCOCC1)OC(=O)C12CC3CC(CC(C3)C1)C2. The first-order chi connectivity index (χ1) is 15.0. The number of carbonyl (C=O) groups excluding carboxylic acids is 1. The van der Waals surface area contributed by atoms with Crippen molar-refractivity contribution in [2.45, 2.75) is 89.1 Å². The first kappa shape index (κ1) is 24.2. The lowest BCUT2D eigenvalue weighted by atomic mass is 9.49. The van der Waals surface area contributed by atoms with E-state index in [0.29, 0.717) is 69.5 Å². The summed E-state index contributed by atoms with van der Waals surface area (Å²) in [5.74, 6) is -6.33. The van der Waals surface area contributed by atoms with Crippen LogP contribution in [0.2, 0.25) is 0 Å². The van der Waals surface area contributed by atoms with Gasteiger partial charge in [-0.15, -0.1) is 0 Å². The predicted octanol–water partition coefficient (Wildman–Crippen LogP) is 5.63. The Bertz CT molecular complexity index is 622. The smallest absolute Gasteiger partial charge is 0.312 e. The van der Waals surface area contributed by atoms with Gasteiger partial charge in [0.25, 0.3) is 11.8 Å². The molecule has 0 amide bonds. The minimum atomic E-state index is -3.87. The summed E-state index contributed by atoms with van der Waals surface area (Å²) in [5, 5.41) is 0. The maximum Gasteiger partial charge on any atom is 0.312 e. The number of carbonyl (C=O) groups is 1. The summed E-state index contributed by atoms with van der Waals surface area (Å²) in [6.45, 7) is 1.49. The molecule has 0 aromatic heterocycles. The fourth-order valence-electron chi connectivity index (χ4n) is 6.86. The molecule has 0 spiro atoms. The average Bonchev–Trinajstić information content (AvgIpc) is 2.68. The summed E-state index contributed by atoms with van der Waals surface area (Å²) in [6.07, 6.45) is 4.13. The molecular weight excluding hydrogens is 428 g/mol. The van der Waals surface area contributed by atoms with Crippen molar-refractivity contribution in [2.24, 2.45) is 29.1 Å². The molecule has 8 heteroatoms. The molecule has 0 aromatic rings. The van der Waals surface area contributed by atoms with Crippen molar-refractivity contribution in [3.8, 4) is 0 Å². The Morgan fingerprint density at radius 1 is 1.03 bits per heavy atom. The van der Waals surface area contributed by atoms with Gasteiger partial charge in [0.1, 0.15) is 0 Å². The molecular formula is C24H36F4O4. The highest BCUT2D eigenvalue weighted by Crippen LogP contribution is 2.60. The highest BCUT2D eigenvalue weighted by atomic mass is 19.3. The monoisotopic (exact) mass is 464 g/mol. The number of esters is 1. The largest absolute Gasteiger partial charge is 0.453 e. The summed E-state index contributed by atoms with van der Waals surface area (Å²) in [6, 6.07) is 0. The lowest BCUT2D eigenvalue weighted by Crippen LogP contribution is -2.53. The zero-order valence-corrected chi connectivity index (χ0v) is 18.9. The van der Waals surface area contributed by atoms with Crippen LogP contribution in [0.1, 0.15) is 71.1 Å². The van der Waals surface area contributed by atoms with Crippen LogP contribution >= 0.6 is 0 Å². The molecule has 1 atom stereocenters. The molecule has 4 aliphatic carbocycles. The molecule has 5 rings (SSSR count). The van der Waals surface area contributed by atoms with E-state index >= 15 is 0 Å². The molecule has 1 saturated heterocycles. The highest BCUT2D eigenvalue weighted by molar-refractivity contribution is 5.77. The quantitative estimate of drug-likeness (QED) is 0.239. The van der Waals surface area contributed by atoms with Gasteiger partial charge < -0.3 is 14.2 Å². The zero-order valence-electron chi connectivity index (χ0n) is 18.9. The van der Waals surface area contributed by atoms with Crippen molar-refractivity contribution < 1.29 is 36.6 Å². The zero-order chi connectivity index (χ0) is 23.0. The summed E-state index contributed by atoms with van der Waals surface area (Å²) in [7, 11) is 0. The summed E-state index contributed by atoms with van der Waals surface area (Å²) in [4.78, 5) is 13.2. The lowest BCUT2D eigenvalue weighted by molar-refractivity contribution is -0.215. The maximum atomic E-state index is 14.8. The molecule has 1 heterocycles. The van der Waals surface area contributed by atoms with E-state index in [9.17, 15) is 22.4 Å². The Morgan fingerprint density at radius 2 is 1.59 bits per heavy atom. The third-order valence-corrected chi connectivity index (χ3v) is 8.02. The molecule has 0 aromatic carbocycles. The Labute approximate surface area is 187 Å². The van der Waals surface area contributed by atoms with Gasteiger partial charge in [-0.25, -0.2) is 17.6 Å². The molecule has 5 aliphatic rings. The lowest BCUT2D eigenvalue weighted by Gasteiger charge is -2.55. The fraction of sp³-hybridized carbons (Fsp3) is 0.958. The minimum absolute atomic E-state index is 0.231. The second-order valence-electron chi connectivity index (χ2n) is 11.0. The van der Waals surface area contributed by atoms with E-state index in [1.807, 2.05) is 0 Å². The first-order valence-corrected chi connectivity index (χ1v) is 12.2. The molecule has 1 unspecified atom stereocenters. The number of ether oxygens (including phenoxy) is 3. The van der Waals surface area contributed by atoms with Gasteiger partial charge in [0, 0.05) is 19.8 Å². The van der Waals surface area contributed by atoms with Gasteiger partial charge >= 0.3 is 5.97 Å². The van der Waals surface area contributed by atoms with Crippen LogP contribution in [0.25, 0.3) is 0 Å². The van der Waals surface area contributed by atoms with Crippen LogP contribution < -0.4 is 0 Å². The van der Waals surface area contributed by atoms with Crippen molar-refractivity contribution in [1.29, 1.82) is 0 Å². The van der Waals surface area contributed by atoms with Crippen LogP contribution in [0.5, 0.6) is 0 Å². The number of halogens is 4. The Balaban J connectivity index is 1.38. The molecule has 4 nitrogen and oxygen atoms in total. The van der Waals surface area contributed by atoms with Gasteiger partial charge in [-0.2, -0.15) is 0 Å². The van der Waals surface area contributed by atoms with Gasteiger partial charge in [-0.1, -0.05) is 0 Å².